The maximum atomic E-state index is 13.3. The Bertz CT molecular complexity index is 1080. The number of ketones is 1. The molecule has 0 saturated carbocycles. The van der Waals surface area contributed by atoms with Gasteiger partial charge in [-0.25, -0.2) is 9.37 Å². The molecule has 27 heavy (non-hydrogen) atoms. The average molecular weight is 386 g/mol. The predicted octanol–water partition coefficient (Wildman–Crippen LogP) is 2.68. The number of ether oxygens (including phenoxy) is 1. The second kappa shape index (κ2) is 8.13. The van der Waals surface area contributed by atoms with E-state index in [1.54, 1.807) is 24.3 Å². The number of nitrogens with zero attached hydrogens (tertiary/aromatic N) is 2. The van der Waals surface area contributed by atoms with E-state index in [1.165, 1.54) is 29.9 Å². The van der Waals surface area contributed by atoms with E-state index in [2.05, 4.69) is 9.72 Å². The molecule has 0 atom stereocenters. The van der Waals surface area contributed by atoms with Crippen molar-refractivity contribution in [2.75, 3.05) is 12.9 Å². The van der Waals surface area contributed by atoms with Crippen LogP contribution in [0.2, 0.25) is 0 Å². The van der Waals surface area contributed by atoms with Crippen LogP contribution >= 0.6 is 11.8 Å². The topological polar surface area (TPSA) is 78.3 Å². The summed E-state index contributed by atoms with van der Waals surface area (Å²) in [7, 11) is 1.22. The van der Waals surface area contributed by atoms with Crippen LogP contribution in [0.3, 0.4) is 0 Å². The van der Waals surface area contributed by atoms with Crippen molar-refractivity contribution in [3.05, 3.63) is 70.3 Å². The largest absolute Gasteiger partial charge is 0.468 e. The van der Waals surface area contributed by atoms with E-state index in [0.717, 1.165) is 17.8 Å². The smallest absolute Gasteiger partial charge is 0.325 e. The van der Waals surface area contributed by atoms with Crippen LogP contribution < -0.4 is 5.56 Å². The van der Waals surface area contributed by atoms with Gasteiger partial charge in [0.15, 0.2) is 10.9 Å². The van der Waals surface area contributed by atoms with Gasteiger partial charge in [-0.1, -0.05) is 36.0 Å². The van der Waals surface area contributed by atoms with Crippen LogP contribution in [0.4, 0.5) is 4.39 Å². The monoisotopic (exact) mass is 386 g/mol. The van der Waals surface area contributed by atoms with Gasteiger partial charge < -0.3 is 4.74 Å². The number of Topliss-reactive ketones (excluding diaryl/α,β-unsaturated/α-hetero) is 1. The molecule has 0 fully saturated rings. The molecule has 0 aliphatic heterocycles. The molecule has 0 aliphatic rings. The predicted molar refractivity (Wildman–Crippen MR) is 99.5 cm³/mol. The molecule has 138 valence electrons. The summed E-state index contributed by atoms with van der Waals surface area (Å²) in [5.41, 5.74) is 0.293. The SMILES string of the molecule is COC(=O)Cn1c(SCC(=O)c2cccc(F)c2)nc2ccccc2c1=O. The van der Waals surface area contributed by atoms with Crippen molar-refractivity contribution in [2.45, 2.75) is 11.7 Å². The molecule has 3 aromatic rings. The van der Waals surface area contributed by atoms with Gasteiger partial charge in [-0.3, -0.25) is 19.0 Å². The fraction of sp³-hybridized carbons (Fsp3) is 0.158. The van der Waals surface area contributed by atoms with E-state index < -0.39 is 17.3 Å². The molecule has 1 heterocycles. The quantitative estimate of drug-likeness (QED) is 0.281. The number of esters is 1. The number of methoxy groups -OCH3 is 1. The maximum Gasteiger partial charge on any atom is 0.325 e. The molecule has 8 heteroatoms. The molecular weight excluding hydrogens is 371 g/mol. The first-order valence-corrected chi connectivity index (χ1v) is 8.96. The molecule has 3 rings (SSSR count). The lowest BCUT2D eigenvalue weighted by molar-refractivity contribution is -0.141. The molecule has 2 aromatic carbocycles. The van der Waals surface area contributed by atoms with Crippen molar-refractivity contribution in [2.24, 2.45) is 0 Å². The van der Waals surface area contributed by atoms with Crippen LogP contribution in [0.15, 0.2) is 58.5 Å². The fourth-order valence-corrected chi connectivity index (χ4v) is 3.36. The molecule has 0 aliphatic carbocycles. The zero-order chi connectivity index (χ0) is 19.4. The van der Waals surface area contributed by atoms with Gasteiger partial charge in [-0.2, -0.15) is 0 Å². The summed E-state index contributed by atoms with van der Waals surface area (Å²) in [5.74, 6) is -1.48. The first-order chi connectivity index (χ1) is 13.0. The Labute approximate surface area is 158 Å². The first kappa shape index (κ1) is 18.8. The van der Waals surface area contributed by atoms with Crippen LogP contribution in [0.5, 0.6) is 0 Å². The number of carbonyl (C=O) groups is 2. The maximum absolute atomic E-state index is 13.3. The normalized spacial score (nSPS) is 10.7. The third-order valence-corrected chi connectivity index (χ3v) is 4.80. The lowest BCUT2D eigenvalue weighted by atomic mass is 10.1. The summed E-state index contributed by atoms with van der Waals surface area (Å²) < 4.78 is 19.1. The van der Waals surface area contributed by atoms with Gasteiger partial charge in [-0.15, -0.1) is 0 Å². The molecule has 0 saturated heterocycles. The highest BCUT2D eigenvalue weighted by molar-refractivity contribution is 7.99. The summed E-state index contributed by atoms with van der Waals surface area (Å²) in [4.78, 5) is 41.1. The number of fused-ring (bicyclic) bond motifs is 1. The highest BCUT2D eigenvalue weighted by Crippen LogP contribution is 2.19. The van der Waals surface area contributed by atoms with E-state index in [-0.39, 0.29) is 28.8 Å². The number of hydrogen-bond acceptors (Lipinski definition) is 6. The lowest BCUT2D eigenvalue weighted by Crippen LogP contribution is -2.27. The standard InChI is InChI=1S/C19H15FN2O4S/c1-26-17(24)10-22-18(25)14-7-2-3-8-15(14)21-19(22)27-11-16(23)12-5-4-6-13(20)9-12/h2-9H,10-11H2,1H3. The Morgan fingerprint density at radius 1 is 1.19 bits per heavy atom. The van der Waals surface area contributed by atoms with Crippen molar-refractivity contribution in [3.8, 4) is 0 Å². The minimum absolute atomic E-state index is 0.0601. The molecule has 1 aromatic heterocycles. The van der Waals surface area contributed by atoms with Crippen molar-refractivity contribution in [3.63, 3.8) is 0 Å². The number of rotatable bonds is 6. The second-order valence-corrected chi connectivity index (χ2v) is 6.54. The molecule has 0 N–H and O–H groups in total. The molecular formula is C19H15FN2O4S. The minimum atomic E-state index is -0.604. The Hall–Kier alpha value is -3.00. The third kappa shape index (κ3) is 4.22. The van der Waals surface area contributed by atoms with Crippen LogP contribution in [0.25, 0.3) is 10.9 Å². The lowest BCUT2D eigenvalue weighted by Gasteiger charge is -2.12. The molecule has 0 radical (unpaired) electrons. The minimum Gasteiger partial charge on any atom is -0.468 e. The second-order valence-electron chi connectivity index (χ2n) is 5.60. The van der Waals surface area contributed by atoms with Crippen LogP contribution in [0, 0.1) is 5.82 Å². The number of benzene rings is 2. The van der Waals surface area contributed by atoms with E-state index in [4.69, 9.17) is 0 Å². The van der Waals surface area contributed by atoms with Crippen LogP contribution in [-0.4, -0.2) is 34.2 Å². The average Bonchev–Trinajstić information content (AvgIpc) is 2.68. The van der Waals surface area contributed by atoms with Crippen LogP contribution in [0.1, 0.15) is 10.4 Å². The summed E-state index contributed by atoms with van der Waals surface area (Å²) >= 11 is 1.01. The van der Waals surface area contributed by atoms with Gasteiger partial charge >= 0.3 is 5.97 Å². The summed E-state index contributed by atoms with van der Waals surface area (Å²) in [6, 6.07) is 12.1. The van der Waals surface area contributed by atoms with E-state index in [0.29, 0.717) is 10.9 Å². The van der Waals surface area contributed by atoms with Crippen molar-refractivity contribution in [1.82, 2.24) is 9.55 Å². The number of thioether (sulfide) groups is 1. The van der Waals surface area contributed by atoms with Crippen molar-refractivity contribution in [1.29, 1.82) is 0 Å². The van der Waals surface area contributed by atoms with Gasteiger partial charge in [0, 0.05) is 5.56 Å². The van der Waals surface area contributed by atoms with Gasteiger partial charge in [-0.05, 0) is 24.3 Å². The van der Waals surface area contributed by atoms with Gasteiger partial charge in [0.1, 0.15) is 12.4 Å². The number of hydrogen-bond donors (Lipinski definition) is 0. The summed E-state index contributed by atoms with van der Waals surface area (Å²) in [6.07, 6.45) is 0. The summed E-state index contributed by atoms with van der Waals surface area (Å²) in [6.45, 7) is -0.316. The number of carbonyl (C=O) groups excluding carboxylic acids is 2. The van der Waals surface area contributed by atoms with E-state index in [9.17, 15) is 18.8 Å². The Balaban J connectivity index is 1.94. The van der Waals surface area contributed by atoms with E-state index >= 15 is 0 Å². The third-order valence-electron chi connectivity index (χ3n) is 3.82. The van der Waals surface area contributed by atoms with Crippen molar-refractivity contribution < 1.29 is 18.7 Å². The number of aromatic nitrogens is 2. The molecule has 0 amide bonds. The van der Waals surface area contributed by atoms with Gasteiger partial charge in [0.05, 0.1) is 23.8 Å². The first-order valence-electron chi connectivity index (χ1n) is 7.97. The fourth-order valence-electron chi connectivity index (χ4n) is 2.47. The molecule has 0 bridgehead atoms. The van der Waals surface area contributed by atoms with E-state index in [1.807, 2.05) is 0 Å². The number of halogens is 1. The Morgan fingerprint density at radius 3 is 2.70 bits per heavy atom. The molecule has 6 nitrogen and oxygen atoms in total. The zero-order valence-electron chi connectivity index (χ0n) is 14.3. The molecule has 0 spiro atoms. The van der Waals surface area contributed by atoms with Gasteiger partial charge in [0.2, 0.25) is 0 Å². The highest BCUT2D eigenvalue weighted by atomic mass is 32.2. The summed E-state index contributed by atoms with van der Waals surface area (Å²) in [5, 5.41) is 0.580. The Morgan fingerprint density at radius 2 is 1.96 bits per heavy atom. The molecule has 0 unspecified atom stereocenters. The Kier molecular flexibility index (Phi) is 5.66. The highest BCUT2D eigenvalue weighted by Gasteiger charge is 2.16. The zero-order valence-corrected chi connectivity index (χ0v) is 15.2. The van der Waals surface area contributed by atoms with Gasteiger partial charge in [0.25, 0.3) is 5.56 Å². The van der Waals surface area contributed by atoms with Crippen molar-refractivity contribution >= 4 is 34.4 Å². The number of para-hydroxylation sites is 1. The van der Waals surface area contributed by atoms with Crippen LogP contribution in [-0.2, 0) is 16.1 Å².